The highest BCUT2D eigenvalue weighted by molar-refractivity contribution is 0.00400. The molecule has 0 amide bonds. The fraction of sp³-hybridized carbons (Fsp3) is 0. The average molecular weight is 111 g/mol. The predicted molar refractivity (Wildman–Crippen MR) is 0 cm³/mol. The lowest BCUT2D eigenvalue weighted by molar-refractivity contribution is -0.00100. The molecule has 0 rings (SSSR count). The van der Waals surface area contributed by atoms with Crippen molar-refractivity contribution >= 4 is 0 Å². The van der Waals surface area contributed by atoms with Crippen molar-refractivity contribution in [2.75, 3.05) is 0 Å². The van der Waals surface area contributed by atoms with Crippen molar-refractivity contribution in [3.8, 4) is 0 Å². The van der Waals surface area contributed by atoms with E-state index in [2.05, 4.69) is 0 Å². The Kier molecular flexibility index (Phi) is 58500000000. The third-order valence-electron chi connectivity index (χ3n) is 0. The van der Waals surface area contributed by atoms with Gasteiger partial charge in [-0.25, -0.2) is 0 Å². The van der Waals surface area contributed by atoms with Crippen LogP contribution in [0.2, 0.25) is 0 Å². The molecule has 40 valence electrons. The van der Waals surface area contributed by atoms with E-state index >= 15 is 0 Å². The van der Waals surface area contributed by atoms with E-state index in [1.165, 1.54) is 0 Å². The van der Waals surface area contributed by atoms with E-state index in [1.54, 1.807) is 0 Å². The molecular formula is ClF4-5. The Hall–Kier alpha value is 0.01000. The molecule has 0 aliphatic rings. The summed E-state index contributed by atoms with van der Waals surface area (Å²) in [5.41, 5.74) is 0. The molecule has 0 aromatic heterocycles. The number of halogens is 5. The molecule has 0 aromatic carbocycles. The van der Waals surface area contributed by atoms with Crippen LogP contribution in [0.4, 0.5) is 0 Å². The minimum absolute atomic E-state index is 0. The van der Waals surface area contributed by atoms with Gasteiger partial charge in [-0.1, -0.05) is 0 Å². The normalized spacial score (nSPS) is 0. The van der Waals surface area contributed by atoms with Crippen molar-refractivity contribution < 1.29 is 31.2 Å². The van der Waals surface area contributed by atoms with Crippen molar-refractivity contribution in [3.63, 3.8) is 0 Å². The van der Waals surface area contributed by atoms with E-state index in [4.69, 9.17) is 0 Å². The quantitative estimate of drug-likeness (QED) is 0.273. The molecule has 0 nitrogen and oxygen atoms in total. The molecular weight excluding hydrogens is 111 g/mol. The molecule has 5 heavy (non-hydrogen) atoms. The Balaban J connectivity index is 0. The zero-order valence-corrected chi connectivity index (χ0v) is 2.65. The molecule has 0 spiro atoms. The van der Waals surface area contributed by atoms with Gasteiger partial charge in [-0.2, -0.15) is 0 Å². The molecule has 0 radical (unpaired) electrons. The van der Waals surface area contributed by atoms with Gasteiger partial charge in [0, 0.05) is 0 Å². The van der Waals surface area contributed by atoms with Crippen LogP contribution in [0.1, 0.15) is 0 Å². The highest BCUT2D eigenvalue weighted by atomic mass is 35.5. The summed E-state index contributed by atoms with van der Waals surface area (Å²) in [6.45, 7) is 0. The molecule has 0 N–H and O–H groups in total. The number of hydrogen-bond donors (Lipinski definition) is 0. The summed E-state index contributed by atoms with van der Waals surface area (Å²) in [4.78, 5) is 0. The van der Waals surface area contributed by atoms with Gasteiger partial charge in [0.05, 0.1) is 0 Å². The van der Waals surface area contributed by atoms with Gasteiger partial charge >= 0.3 is 0 Å². The van der Waals surface area contributed by atoms with Crippen LogP contribution in [-0.4, -0.2) is 0 Å². The fourth-order valence-electron chi connectivity index (χ4n) is 0. The summed E-state index contributed by atoms with van der Waals surface area (Å²) in [6, 6.07) is 0. The Morgan fingerprint density at radius 3 is 0.400 bits per heavy atom. The summed E-state index contributed by atoms with van der Waals surface area (Å²) in [6.07, 6.45) is 0. The Bertz CT molecular complexity index is 3.61. The summed E-state index contributed by atoms with van der Waals surface area (Å²) < 4.78 is 0. The van der Waals surface area contributed by atoms with E-state index in [0.717, 1.165) is 0 Å². The van der Waals surface area contributed by atoms with E-state index in [9.17, 15) is 0 Å². The zero-order valence-electron chi connectivity index (χ0n) is 1.89. The third kappa shape index (κ3) is 162000. The van der Waals surface area contributed by atoms with E-state index < -0.39 is 0 Å². The Labute approximate surface area is 32.4 Å². The first-order chi connectivity index (χ1) is 0. The monoisotopic (exact) mass is 111 g/mol. The largest absolute Gasteiger partial charge is 1.00 e. The van der Waals surface area contributed by atoms with Crippen LogP contribution in [0.25, 0.3) is 0 Å². The number of rotatable bonds is 0. The Morgan fingerprint density at radius 1 is 0.400 bits per heavy atom. The van der Waals surface area contributed by atoms with E-state index in [-0.39, 0.29) is 31.2 Å². The standard InChI is InChI=1S/ClH.4FH/h5*1H/p-5. The summed E-state index contributed by atoms with van der Waals surface area (Å²) in [5.74, 6) is 0. The van der Waals surface area contributed by atoms with Crippen LogP contribution < -0.4 is 31.2 Å². The summed E-state index contributed by atoms with van der Waals surface area (Å²) >= 11 is 0. The molecule has 0 aliphatic carbocycles. The first-order valence-electron chi connectivity index (χ1n) is 0. The van der Waals surface area contributed by atoms with Crippen LogP contribution in [0.15, 0.2) is 0 Å². The molecule has 5 heteroatoms. The molecule has 0 aliphatic heterocycles. The molecule has 0 saturated heterocycles. The summed E-state index contributed by atoms with van der Waals surface area (Å²) in [5, 5.41) is 0. The van der Waals surface area contributed by atoms with Gasteiger partial charge in [0.25, 0.3) is 0 Å². The minimum Gasteiger partial charge on any atom is -1.00 e. The van der Waals surface area contributed by atoms with Gasteiger partial charge in [0.1, 0.15) is 0 Å². The van der Waals surface area contributed by atoms with Gasteiger partial charge in [-0.15, -0.1) is 0 Å². The van der Waals surface area contributed by atoms with E-state index in [0.29, 0.717) is 0 Å². The van der Waals surface area contributed by atoms with E-state index in [1.807, 2.05) is 0 Å². The maximum absolute atomic E-state index is 0. The second kappa shape index (κ2) is 363000. The van der Waals surface area contributed by atoms with Crippen LogP contribution in [0, 0.1) is 0 Å². The smallest absolute Gasteiger partial charge is 1.00 e. The predicted octanol–water partition coefficient (Wildman–Crippen LogP) is -15.0. The molecule has 0 atom stereocenters. The zero-order chi connectivity index (χ0) is 0. The van der Waals surface area contributed by atoms with Crippen LogP contribution >= 0.6 is 0 Å². The van der Waals surface area contributed by atoms with Gasteiger partial charge in [-0.3, -0.25) is 0 Å². The highest BCUT2D eigenvalue weighted by Gasteiger charge is -0.996. The second-order valence-electron chi connectivity index (χ2n) is 0. The highest BCUT2D eigenvalue weighted by Crippen LogP contribution is -2.99. The van der Waals surface area contributed by atoms with Crippen molar-refractivity contribution in [3.05, 3.63) is 0 Å². The van der Waals surface area contributed by atoms with Crippen molar-refractivity contribution in [1.29, 1.82) is 0 Å². The van der Waals surface area contributed by atoms with Gasteiger partial charge < -0.3 is 31.2 Å². The lowest BCUT2D eigenvalue weighted by Crippen LogP contribution is -3.00. The average Bonchev–Trinajstić information content (AvgIpc) is 0. The molecule has 0 heterocycles. The number of hydrogen-bond acceptors (Lipinski definition) is 0. The van der Waals surface area contributed by atoms with Gasteiger partial charge in [0.15, 0.2) is 0 Å². The lowest BCUT2D eigenvalue weighted by Gasteiger charge is -1.00. The topological polar surface area (TPSA) is 0 Å². The maximum atomic E-state index is 0. The first-order valence-corrected chi connectivity index (χ1v) is 0. The Morgan fingerprint density at radius 2 is 0.400 bits per heavy atom. The van der Waals surface area contributed by atoms with Crippen LogP contribution in [-0.2, 0) is 0 Å². The van der Waals surface area contributed by atoms with Gasteiger partial charge in [-0.05, 0) is 0 Å². The van der Waals surface area contributed by atoms with Crippen molar-refractivity contribution in [2.45, 2.75) is 0 Å². The minimum atomic E-state index is 0. The molecule has 0 fully saturated rings. The first kappa shape index (κ1) is 806000. The maximum Gasteiger partial charge on any atom is -1.00 e. The molecule has 0 bridgehead atoms. The summed E-state index contributed by atoms with van der Waals surface area (Å²) in [7, 11) is 0. The SMILES string of the molecule is [Cl-].[F-].[F-].[F-].[F-]. The molecule has 0 saturated carbocycles. The molecule has 0 aromatic rings. The van der Waals surface area contributed by atoms with Crippen LogP contribution in [0.5, 0.6) is 0 Å². The fourth-order valence-corrected chi connectivity index (χ4v) is 0. The van der Waals surface area contributed by atoms with Gasteiger partial charge in [0.2, 0.25) is 0 Å². The van der Waals surface area contributed by atoms with Crippen molar-refractivity contribution in [2.24, 2.45) is 0 Å². The van der Waals surface area contributed by atoms with Crippen LogP contribution in [0.3, 0.4) is 0 Å². The third-order valence-corrected chi connectivity index (χ3v) is 0. The molecule has 0 unspecified atom stereocenters. The van der Waals surface area contributed by atoms with Crippen molar-refractivity contribution in [1.82, 2.24) is 0 Å². The second-order valence-corrected chi connectivity index (χ2v) is 0. The lowest BCUT2D eigenvalue weighted by atomic mass is 19.0.